The van der Waals surface area contributed by atoms with E-state index in [0.717, 1.165) is 24.5 Å². The highest BCUT2D eigenvalue weighted by Crippen LogP contribution is 2.44. The molecule has 1 aromatic carbocycles. The van der Waals surface area contributed by atoms with E-state index < -0.39 is 0 Å². The number of hydrogen-bond acceptors (Lipinski definition) is 1. The topological polar surface area (TPSA) is 41.4 Å². The summed E-state index contributed by atoms with van der Waals surface area (Å²) in [6.45, 7) is 3.41. The number of aliphatic imine (C=N–C) groups is 1. The summed E-state index contributed by atoms with van der Waals surface area (Å²) in [6, 6.07) is 7.05. The molecule has 1 saturated carbocycles. The van der Waals surface area contributed by atoms with Gasteiger partial charge in [0.2, 0.25) is 0 Å². The summed E-state index contributed by atoms with van der Waals surface area (Å²) in [4.78, 5) is 4.60. The minimum absolute atomic E-state index is 0.0966. The van der Waals surface area contributed by atoms with Gasteiger partial charge in [0.1, 0.15) is 5.82 Å². The fourth-order valence-corrected chi connectivity index (χ4v) is 3.16. The number of aromatic nitrogens is 1. The van der Waals surface area contributed by atoms with Crippen LogP contribution >= 0.6 is 11.6 Å². The van der Waals surface area contributed by atoms with E-state index in [-0.39, 0.29) is 17.8 Å². The summed E-state index contributed by atoms with van der Waals surface area (Å²) >= 11 is 6.16. The third kappa shape index (κ3) is 3.90. The minimum atomic E-state index is -0.233. The number of nitrogens with one attached hydrogen (secondary N) is 2. The highest BCUT2D eigenvalue weighted by atomic mass is 35.5. The van der Waals surface area contributed by atoms with Gasteiger partial charge >= 0.3 is 0 Å². The van der Waals surface area contributed by atoms with Crippen molar-refractivity contribution in [3.05, 3.63) is 58.6 Å². The largest absolute Gasteiger partial charge is 0.357 e. The van der Waals surface area contributed by atoms with Crippen molar-refractivity contribution in [3.63, 3.8) is 0 Å². The van der Waals surface area contributed by atoms with Crippen LogP contribution in [0.15, 0.2) is 41.7 Å². The Morgan fingerprint density at radius 2 is 2.25 bits per heavy atom. The molecule has 1 aromatic heterocycles. The number of halogens is 2. The first-order chi connectivity index (χ1) is 11.6. The lowest BCUT2D eigenvalue weighted by atomic mass is 10.1. The fourth-order valence-electron chi connectivity index (χ4n) is 2.86. The van der Waals surface area contributed by atoms with Crippen molar-refractivity contribution in [2.75, 3.05) is 6.54 Å². The summed E-state index contributed by atoms with van der Waals surface area (Å²) in [7, 11) is 1.99. The molecule has 0 amide bonds. The second kappa shape index (κ2) is 7.26. The van der Waals surface area contributed by atoms with Crippen molar-refractivity contribution in [1.29, 1.82) is 0 Å². The predicted octanol–water partition coefficient (Wildman–Crippen LogP) is 3.43. The highest BCUT2D eigenvalue weighted by Gasteiger charge is 2.41. The second-order valence-corrected chi connectivity index (χ2v) is 6.52. The molecule has 1 heterocycles. The van der Waals surface area contributed by atoms with Gasteiger partial charge in [-0.15, -0.1) is 0 Å². The predicted molar refractivity (Wildman–Crippen MR) is 95.9 cm³/mol. The monoisotopic (exact) mass is 348 g/mol. The van der Waals surface area contributed by atoms with Crippen LogP contribution in [-0.4, -0.2) is 23.1 Å². The zero-order valence-electron chi connectivity index (χ0n) is 13.9. The zero-order valence-corrected chi connectivity index (χ0v) is 14.6. The lowest BCUT2D eigenvalue weighted by molar-refractivity contribution is 0.608. The van der Waals surface area contributed by atoms with E-state index >= 15 is 0 Å². The molecule has 0 radical (unpaired) electrons. The van der Waals surface area contributed by atoms with Crippen molar-refractivity contribution in [2.24, 2.45) is 12.0 Å². The number of aryl methyl sites for hydroxylation is 1. The van der Waals surface area contributed by atoms with E-state index in [9.17, 15) is 4.39 Å². The Balaban J connectivity index is 1.65. The SMILES string of the molecule is CCNC(=NCc1ccn(C)c1)NC1CC1c1c(F)cccc1Cl. The quantitative estimate of drug-likeness (QED) is 0.642. The average molecular weight is 349 g/mol. The molecule has 2 unspecified atom stereocenters. The van der Waals surface area contributed by atoms with Crippen LogP contribution < -0.4 is 10.6 Å². The van der Waals surface area contributed by atoms with E-state index in [1.165, 1.54) is 6.07 Å². The third-order valence-electron chi connectivity index (χ3n) is 4.14. The van der Waals surface area contributed by atoms with Crippen LogP contribution in [0.3, 0.4) is 0 Å². The molecule has 2 N–H and O–H groups in total. The Morgan fingerprint density at radius 1 is 1.42 bits per heavy atom. The van der Waals surface area contributed by atoms with Crippen molar-refractivity contribution in [3.8, 4) is 0 Å². The van der Waals surface area contributed by atoms with Crippen LogP contribution in [0.4, 0.5) is 4.39 Å². The van der Waals surface area contributed by atoms with Gasteiger partial charge in [0.05, 0.1) is 6.54 Å². The lowest BCUT2D eigenvalue weighted by Gasteiger charge is -2.12. The molecule has 1 aliphatic rings. The first-order valence-electron chi connectivity index (χ1n) is 8.18. The highest BCUT2D eigenvalue weighted by molar-refractivity contribution is 6.31. The molecule has 2 atom stereocenters. The molecule has 1 fully saturated rings. The van der Waals surface area contributed by atoms with Crippen LogP contribution in [0.5, 0.6) is 0 Å². The molecule has 6 heteroatoms. The van der Waals surface area contributed by atoms with Gasteiger partial charge in [0.15, 0.2) is 5.96 Å². The molecule has 0 saturated heterocycles. The summed E-state index contributed by atoms with van der Waals surface area (Å²) < 4.78 is 16.0. The van der Waals surface area contributed by atoms with Crippen molar-refractivity contribution < 1.29 is 4.39 Å². The average Bonchev–Trinajstić information content (AvgIpc) is 3.15. The molecular formula is C18H22ClFN4. The number of nitrogens with zero attached hydrogens (tertiary/aromatic N) is 2. The molecule has 3 rings (SSSR count). The standard InChI is InChI=1S/C18H22ClFN4/c1-3-21-18(22-10-12-7-8-24(2)11-12)23-16-9-13(16)17-14(19)5-4-6-15(17)20/h4-8,11,13,16H,3,9-10H2,1-2H3,(H2,21,22,23). The Morgan fingerprint density at radius 3 is 2.92 bits per heavy atom. The van der Waals surface area contributed by atoms with Gasteiger partial charge in [-0.25, -0.2) is 9.38 Å². The fraction of sp³-hybridized carbons (Fsp3) is 0.389. The van der Waals surface area contributed by atoms with Crippen molar-refractivity contribution in [2.45, 2.75) is 31.8 Å². The van der Waals surface area contributed by atoms with E-state index in [1.807, 2.05) is 37.0 Å². The van der Waals surface area contributed by atoms with E-state index in [4.69, 9.17) is 11.6 Å². The molecule has 128 valence electrons. The van der Waals surface area contributed by atoms with Gasteiger partial charge in [-0.1, -0.05) is 17.7 Å². The molecule has 4 nitrogen and oxygen atoms in total. The van der Waals surface area contributed by atoms with Gasteiger partial charge in [-0.05, 0) is 37.1 Å². The van der Waals surface area contributed by atoms with Crippen molar-refractivity contribution >= 4 is 17.6 Å². The van der Waals surface area contributed by atoms with Crippen LogP contribution in [0.25, 0.3) is 0 Å². The number of rotatable bonds is 5. The maximum Gasteiger partial charge on any atom is 0.191 e. The van der Waals surface area contributed by atoms with Crippen LogP contribution in [0.2, 0.25) is 5.02 Å². The van der Waals surface area contributed by atoms with Gasteiger partial charge in [0.25, 0.3) is 0 Å². The molecule has 0 bridgehead atoms. The normalized spacial score (nSPS) is 20.1. The van der Waals surface area contributed by atoms with Crippen LogP contribution in [-0.2, 0) is 13.6 Å². The van der Waals surface area contributed by atoms with Crippen LogP contribution in [0.1, 0.15) is 30.4 Å². The lowest BCUT2D eigenvalue weighted by Crippen LogP contribution is -2.39. The summed E-state index contributed by atoms with van der Waals surface area (Å²) in [5, 5.41) is 7.11. The van der Waals surface area contributed by atoms with Gasteiger partial charge in [-0.2, -0.15) is 0 Å². The molecule has 1 aliphatic carbocycles. The number of hydrogen-bond donors (Lipinski definition) is 2. The van der Waals surface area contributed by atoms with Gasteiger partial charge in [0, 0.05) is 48.5 Å². The Hall–Kier alpha value is -2.01. The summed E-state index contributed by atoms with van der Waals surface area (Å²) in [6.07, 6.45) is 4.91. The minimum Gasteiger partial charge on any atom is -0.357 e. The van der Waals surface area contributed by atoms with E-state index in [1.54, 1.807) is 12.1 Å². The second-order valence-electron chi connectivity index (χ2n) is 6.11. The maximum atomic E-state index is 14.0. The zero-order chi connectivity index (χ0) is 17.1. The summed E-state index contributed by atoms with van der Waals surface area (Å²) in [5.41, 5.74) is 1.76. The van der Waals surface area contributed by atoms with Crippen LogP contribution in [0, 0.1) is 5.82 Å². The van der Waals surface area contributed by atoms with Gasteiger partial charge in [-0.3, -0.25) is 0 Å². The first kappa shape index (κ1) is 16.8. The summed E-state index contributed by atoms with van der Waals surface area (Å²) in [5.74, 6) is 0.614. The number of guanidine groups is 1. The smallest absolute Gasteiger partial charge is 0.191 e. The van der Waals surface area contributed by atoms with Crippen molar-refractivity contribution in [1.82, 2.24) is 15.2 Å². The Bertz CT molecular complexity index is 720. The van der Waals surface area contributed by atoms with E-state index in [2.05, 4.69) is 15.6 Å². The molecular weight excluding hydrogens is 327 g/mol. The maximum absolute atomic E-state index is 14.0. The number of benzene rings is 1. The third-order valence-corrected chi connectivity index (χ3v) is 4.47. The molecule has 24 heavy (non-hydrogen) atoms. The first-order valence-corrected chi connectivity index (χ1v) is 8.56. The Labute approximate surface area is 146 Å². The van der Waals surface area contributed by atoms with Gasteiger partial charge < -0.3 is 15.2 Å². The Kier molecular flexibility index (Phi) is 5.09. The molecule has 0 spiro atoms. The van der Waals surface area contributed by atoms with E-state index in [0.29, 0.717) is 17.1 Å². The molecule has 0 aliphatic heterocycles. The molecule has 2 aromatic rings.